The summed E-state index contributed by atoms with van der Waals surface area (Å²) in [6.45, 7) is 0. The molecule has 132 valence electrons. The van der Waals surface area contributed by atoms with Crippen LogP contribution in [0.15, 0.2) is 51.8 Å². The average molecular weight is 399 g/mol. The van der Waals surface area contributed by atoms with E-state index >= 15 is 0 Å². The minimum atomic E-state index is -3.42. The van der Waals surface area contributed by atoms with Crippen molar-refractivity contribution in [3.8, 4) is 10.7 Å². The summed E-state index contributed by atoms with van der Waals surface area (Å²) in [6.07, 6.45) is 0.422. The predicted octanol–water partition coefficient (Wildman–Crippen LogP) is 2.82. The van der Waals surface area contributed by atoms with Gasteiger partial charge in [0.25, 0.3) is 0 Å². The van der Waals surface area contributed by atoms with Crippen LogP contribution in [0.1, 0.15) is 6.42 Å². The molecule has 0 aliphatic carbocycles. The fourth-order valence-electron chi connectivity index (χ4n) is 2.12. The van der Waals surface area contributed by atoms with Gasteiger partial charge >= 0.3 is 0 Å². The molecule has 0 aliphatic heterocycles. The molecule has 3 rings (SSSR count). The first kappa shape index (κ1) is 17.9. The number of thiophene rings is 1. The van der Waals surface area contributed by atoms with Gasteiger partial charge in [0.2, 0.25) is 5.16 Å². The number of nitrogen functional groups attached to an aromatic ring is 1. The number of aromatic nitrogens is 3. The number of halogens is 1. The molecule has 2 heterocycles. The third kappa shape index (κ3) is 4.20. The Morgan fingerprint density at radius 3 is 2.64 bits per heavy atom. The first-order valence-corrected chi connectivity index (χ1v) is 10.8. The van der Waals surface area contributed by atoms with Crippen LogP contribution in [0.4, 0.5) is 4.39 Å². The van der Waals surface area contributed by atoms with Crippen molar-refractivity contribution < 1.29 is 12.8 Å². The maximum atomic E-state index is 12.9. The Morgan fingerprint density at radius 2 is 1.96 bits per heavy atom. The first-order chi connectivity index (χ1) is 12.0. The van der Waals surface area contributed by atoms with E-state index in [9.17, 15) is 12.8 Å². The molecule has 0 aliphatic rings. The van der Waals surface area contributed by atoms with Crippen molar-refractivity contribution in [2.45, 2.75) is 16.5 Å². The second kappa shape index (κ2) is 7.54. The van der Waals surface area contributed by atoms with Gasteiger partial charge in [0, 0.05) is 5.75 Å². The number of rotatable bonds is 7. The van der Waals surface area contributed by atoms with E-state index in [-0.39, 0.29) is 10.6 Å². The fourth-order valence-corrected chi connectivity index (χ4v) is 5.12. The molecular formula is C15H15FN4O2S3. The third-order valence-corrected chi connectivity index (χ3v) is 7.08. The Labute approximate surface area is 152 Å². The van der Waals surface area contributed by atoms with Gasteiger partial charge in [-0.2, -0.15) is 0 Å². The first-order valence-electron chi connectivity index (χ1n) is 7.33. The number of thioether (sulfide) groups is 1. The highest BCUT2D eigenvalue weighted by Crippen LogP contribution is 2.25. The van der Waals surface area contributed by atoms with Crippen molar-refractivity contribution in [3.05, 3.63) is 47.6 Å². The SMILES string of the molecule is Nn1c(SCCCS(=O)(=O)c2ccc(F)cc2)nnc1-c1cccs1. The number of sulfone groups is 1. The van der Waals surface area contributed by atoms with Gasteiger partial charge in [-0.3, -0.25) is 0 Å². The van der Waals surface area contributed by atoms with Gasteiger partial charge in [-0.05, 0) is 42.1 Å². The molecule has 0 saturated carbocycles. The number of hydrogen-bond acceptors (Lipinski definition) is 7. The topological polar surface area (TPSA) is 90.9 Å². The zero-order valence-corrected chi connectivity index (χ0v) is 15.5. The van der Waals surface area contributed by atoms with Crippen LogP contribution >= 0.6 is 23.1 Å². The molecule has 2 aromatic heterocycles. The van der Waals surface area contributed by atoms with Crippen LogP contribution in [0, 0.1) is 5.82 Å². The molecule has 0 saturated heterocycles. The molecule has 0 fully saturated rings. The number of benzene rings is 1. The van der Waals surface area contributed by atoms with Crippen molar-refractivity contribution in [2.75, 3.05) is 17.3 Å². The lowest BCUT2D eigenvalue weighted by Crippen LogP contribution is -2.12. The minimum Gasteiger partial charge on any atom is -0.335 e. The maximum Gasteiger partial charge on any atom is 0.210 e. The van der Waals surface area contributed by atoms with Crippen LogP contribution in [0.3, 0.4) is 0 Å². The van der Waals surface area contributed by atoms with Gasteiger partial charge in [-0.25, -0.2) is 17.5 Å². The van der Waals surface area contributed by atoms with Gasteiger partial charge in [0.15, 0.2) is 15.7 Å². The smallest absolute Gasteiger partial charge is 0.210 e. The van der Waals surface area contributed by atoms with E-state index in [1.165, 1.54) is 39.9 Å². The van der Waals surface area contributed by atoms with E-state index in [4.69, 9.17) is 5.84 Å². The summed E-state index contributed by atoms with van der Waals surface area (Å²) in [7, 11) is -3.42. The molecule has 10 heteroatoms. The summed E-state index contributed by atoms with van der Waals surface area (Å²) < 4.78 is 38.7. The van der Waals surface area contributed by atoms with E-state index in [0.29, 0.717) is 23.2 Å². The third-order valence-electron chi connectivity index (χ3n) is 3.37. The van der Waals surface area contributed by atoms with Gasteiger partial charge in [0.05, 0.1) is 15.5 Å². The molecule has 0 atom stereocenters. The molecule has 2 N–H and O–H groups in total. The van der Waals surface area contributed by atoms with E-state index in [0.717, 1.165) is 17.0 Å². The Morgan fingerprint density at radius 1 is 1.20 bits per heavy atom. The summed E-state index contributed by atoms with van der Waals surface area (Å²) in [5.74, 6) is 6.61. The molecule has 0 spiro atoms. The maximum absolute atomic E-state index is 12.9. The van der Waals surface area contributed by atoms with Crippen LogP contribution in [-0.4, -0.2) is 34.8 Å². The molecule has 0 bridgehead atoms. The summed E-state index contributed by atoms with van der Waals surface area (Å²) in [5.41, 5.74) is 0. The van der Waals surface area contributed by atoms with E-state index in [1.54, 1.807) is 0 Å². The number of nitrogens with two attached hydrogens (primary N) is 1. The lowest BCUT2D eigenvalue weighted by atomic mass is 10.4. The highest BCUT2D eigenvalue weighted by atomic mass is 32.2. The predicted molar refractivity (Wildman–Crippen MR) is 97.3 cm³/mol. The zero-order chi connectivity index (χ0) is 17.9. The molecule has 3 aromatic rings. The summed E-state index contributed by atoms with van der Waals surface area (Å²) >= 11 is 2.86. The van der Waals surface area contributed by atoms with E-state index in [1.807, 2.05) is 17.5 Å². The van der Waals surface area contributed by atoms with E-state index < -0.39 is 15.7 Å². The minimum absolute atomic E-state index is 0.0257. The van der Waals surface area contributed by atoms with Gasteiger partial charge in [0.1, 0.15) is 5.82 Å². The van der Waals surface area contributed by atoms with Crippen LogP contribution < -0.4 is 5.84 Å². The summed E-state index contributed by atoms with van der Waals surface area (Å²) in [6, 6.07) is 8.65. The largest absolute Gasteiger partial charge is 0.335 e. The fraction of sp³-hybridized carbons (Fsp3) is 0.200. The second-order valence-electron chi connectivity index (χ2n) is 5.13. The summed E-state index contributed by atoms with van der Waals surface area (Å²) in [4.78, 5) is 1.04. The zero-order valence-electron chi connectivity index (χ0n) is 13.0. The lowest BCUT2D eigenvalue weighted by Gasteiger charge is -2.05. The molecule has 25 heavy (non-hydrogen) atoms. The normalized spacial score (nSPS) is 11.7. The Hall–Kier alpha value is -1.91. The van der Waals surface area contributed by atoms with Gasteiger partial charge in [-0.1, -0.05) is 17.8 Å². The highest BCUT2D eigenvalue weighted by molar-refractivity contribution is 7.99. The van der Waals surface area contributed by atoms with Crippen molar-refractivity contribution in [1.82, 2.24) is 14.9 Å². The van der Waals surface area contributed by atoms with Crippen molar-refractivity contribution in [3.63, 3.8) is 0 Å². The second-order valence-corrected chi connectivity index (χ2v) is 9.25. The molecule has 0 amide bonds. The standard InChI is InChI=1S/C15H15FN4O2S3/c16-11-4-6-12(7-5-11)25(21,22)10-2-9-24-15-19-18-14(20(15)17)13-3-1-8-23-13/h1,3-8H,2,9-10,17H2. The average Bonchev–Trinajstić information content (AvgIpc) is 3.22. The molecule has 1 aromatic carbocycles. The quantitative estimate of drug-likeness (QED) is 0.285. The van der Waals surface area contributed by atoms with Crippen molar-refractivity contribution >= 4 is 32.9 Å². The van der Waals surface area contributed by atoms with Gasteiger partial charge in [-0.15, -0.1) is 21.5 Å². The van der Waals surface area contributed by atoms with Crippen LogP contribution in [-0.2, 0) is 9.84 Å². The monoisotopic (exact) mass is 398 g/mol. The number of nitrogens with zero attached hydrogens (tertiary/aromatic N) is 3. The molecule has 6 nitrogen and oxygen atoms in total. The lowest BCUT2D eigenvalue weighted by molar-refractivity contribution is 0.593. The molecule has 0 radical (unpaired) electrons. The Bertz CT molecular complexity index is 938. The molecular weight excluding hydrogens is 383 g/mol. The van der Waals surface area contributed by atoms with Crippen LogP contribution in [0.2, 0.25) is 0 Å². The Kier molecular flexibility index (Phi) is 5.40. The summed E-state index contributed by atoms with van der Waals surface area (Å²) in [5, 5.41) is 10.6. The van der Waals surface area contributed by atoms with Crippen LogP contribution in [0.5, 0.6) is 0 Å². The number of hydrogen-bond donors (Lipinski definition) is 1. The Balaban J connectivity index is 1.56. The highest BCUT2D eigenvalue weighted by Gasteiger charge is 2.16. The molecule has 0 unspecified atom stereocenters. The van der Waals surface area contributed by atoms with Crippen molar-refractivity contribution in [1.29, 1.82) is 0 Å². The van der Waals surface area contributed by atoms with E-state index in [2.05, 4.69) is 10.2 Å². The van der Waals surface area contributed by atoms with Crippen LogP contribution in [0.25, 0.3) is 10.7 Å². The van der Waals surface area contributed by atoms with Gasteiger partial charge < -0.3 is 5.84 Å². The van der Waals surface area contributed by atoms with Crippen molar-refractivity contribution in [2.24, 2.45) is 0 Å².